The van der Waals surface area contributed by atoms with Crippen LogP contribution >= 0.6 is 0 Å². The van der Waals surface area contributed by atoms with E-state index in [1.54, 1.807) is 13.8 Å². The van der Waals surface area contributed by atoms with E-state index in [4.69, 9.17) is 4.52 Å². The molecule has 3 N–H and O–H groups in total. The van der Waals surface area contributed by atoms with Crippen molar-refractivity contribution in [3.63, 3.8) is 0 Å². The number of anilines is 2. The number of ether oxygens (including phenoxy) is 1. The number of benzene rings is 2. The predicted molar refractivity (Wildman–Crippen MR) is 124 cm³/mol. The van der Waals surface area contributed by atoms with Crippen LogP contribution in [0.1, 0.15) is 30.0 Å². The van der Waals surface area contributed by atoms with Crippen molar-refractivity contribution < 1.29 is 41.2 Å². The Morgan fingerprint density at radius 2 is 1.70 bits per heavy atom. The normalized spacial score (nSPS) is 12.1. The smallest absolute Gasteiger partial charge is 0.418 e. The standard InChI is InChI=1S/C24H22F4N4O5/c1-12(2)19(22(34)36-3)30-21(33)18-11-17(32-37-18)13-7-9-14(10-8-13)29-23(35)31-20-15(24(26,27)28)5-4-6-16(20)25/h4-12,19H,1-3H3,(H,30,33)(H2,29,31,35). The molecular formula is C24H22F4N4O5. The summed E-state index contributed by atoms with van der Waals surface area (Å²) >= 11 is 0. The molecule has 0 saturated carbocycles. The molecule has 0 radical (unpaired) electrons. The summed E-state index contributed by atoms with van der Waals surface area (Å²) in [5.41, 5.74) is -1.39. The van der Waals surface area contributed by atoms with Gasteiger partial charge in [-0.05, 0) is 30.2 Å². The van der Waals surface area contributed by atoms with Crippen LogP contribution in [0.15, 0.2) is 53.1 Å². The number of urea groups is 1. The molecule has 3 rings (SSSR count). The second kappa shape index (κ2) is 11.1. The summed E-state index contributed by atoms with van der Waals surface area (Å²) < 4.78 is 63.0. The molecule has 13 heteroatoms. The molecule has 1 atom stereocenters. The summed E-state index contributed by atoms with van der Waals surface area (Å²) in [4.78, 5) is 36.5. The van der Waals surface area contributed by atoms with E-state index in [9.17, 15) is 31.9 Å². The van der Waals surface area contributed by atoms with Crippen LogP contribution in [0.5, 0.6) is 0 Å². The Balaban J connectivity index is 1.67. The van der Waals surface area contributed by atoms with Crippen LogP contribution in [0.2, 0.25) is 0 Å². The van der Waals surface area contributed by atoms with Gasteiger partial charge in [0.2, 0.25) is 5.76 Å². The number of nitrogens with zero attached hydrogens (tertiary/aromatic N) is 1. The van der Waals surface area contributed by atoms with Crippen LogP contribution in [-0.2, 0) is 15.7 Å². The van der Waals surface area contributed by atoms with Gasteiger partial charge in [0.05, 0.1) is 18.4 Å². The number of methoxy groups -OCH3 is 1. The molecule has 1 aromatic heterocycles. The van der Waals surface area contributed by atoms with Crippen molar-refractivity contribution in [3.8, 4) is 11.3 Å². The molecule has 0 saturated heterocycles. The van der Waals surface area contributed by atoms with Crippen molar-refractivity contribution in [2.45, 2.75) is 26.1 Å². The van der Waals surface area contributed by atoms with Crippen LogP contribution in [0, 0.1) is 11.7 Å². The Kier molecular flexibility index (Phi) is 8.15. The fourth-order valence-electron chi connectivity index (χ4n) is 3.24. The lowest BCUT2D eigenvalue weighted by Crippen LogP contribution is -2.44. The second-order valence-corrected chi connectivity index (χ2v) is 8.11. The lowest BCUT2D eigenvalue weighted by Gasteiger charge is -2.18. The molecule has 1 unspecified atom stereocenters. The highest BCUT2D eigenvalue weighted by Crippen LogP contribution is 2.36. The van der Waals surface area contributed by atoms with E-state index in [-0.39, 0.29) is 23.1 Å². The highest BCUT2D eigenvalue weighted by molar-refractivity contribution is 6.00. The van der Waals surface area contributed by atoms with Crippen molar-refractivity contribution >= 4 is 29.3 Å². The quantitative estimate of drug-likeness (QED) is 0.294. The average Bonchev–Trinajstić information content (AvgIpc) is 3.33. The van der Waals surface area contributed by atoms with Gasteiger partial charge in [0, 0.05) is 17.3 Å². The molecular weight excluding hydrogens is 500 g/mol. The van der Waals surface area contributed by atoms with Gasteiger partial charge in [-0.2, -0.15) is 13.2 Å². The van der Waals surface area contributed by atoms with Crippen LogP contribution in [0.25, 0.3) is 11.3 Å². The molecule has 3 amide bonds. The molecule has 0 fully saturated rings. The van der Waals surface area contributed by atoms with Crippen LogP contribution in [0.3, 0.4) is 0 Å². The summed E-state index contributed by atoms with van der Waals surface area (Å²) in [6, 6.07) is 7.55. The number of para-hydroxylation sites is 1. The van der Waals surface area contributed by atoms with Crippen LogP contribution in [-0.4, -0.2) is 36.2 Å². The third-order valence-corrected chi connectivity index (χ3v) is 5.14. The lowest BCUT2D eigenvalue weighted by molar-refractivity contribution is -0.144. The number of aromatic nitrogens is 1. The predicted octanol–water partition coefficient (Wildman–Crippen LogP) is 5.07. The van der Waals surface area contributed by atoms with Crippen molar-refractivity contribution in [1.82, 2.24) is 10.5 Å². The zero-order valence-corrected chi connectivity index (χ0v) is 19.8. The Morgan fingerprint density at radius 1 is 1.03 bits per heavy atom. The van der Waals surface area contributed by atoms with E-state index in [0.717, 1.165) is 12.1 Å². The Labute approximate surface area is 208 Å². The van der Waals surface area contributed by atoms with E-state index in [1.165, 1.54) is 37.4 Å². The topological polar surface area (TPSA) is 123 Å². The number of nitrogens with one attached hydrogen (secondary N) is 3. The van der Waals surface area contributed by atoms with Gasteiger partial charge in [-0.15, -0.1) is 0 Å². The molecule has 0 aliphatic heterocycles. The van der Waals surface area contributed by atoms with Crippen LogP contribution < -0.4 is 16.0 Å². The van der Waals surface area contributed by atoms with E-state index in [1.807, 2.05) is 5.32 Å². The number of esters is 1. The first-order valence-electron chi connectivity index (χ1n) is 10.8. The first kappa shape index (κ1) is 27.2. The summed E-state index contributed by atoms with van der Waals surface area (Å²) in [5.74, 6) is -2.92. The minimum atomic E-state index is -4.87. The minimum absolute atomic E-state index is 0.156. The number of carbonyl (C=O) groups is 3. The number of hydrogen-bond acceptors (Lipinski definition) is 6. The first-order chi connectivity index (χ1) is 17.4. The number of alkyl halides is 3. The summed E-state index contributed by atoms with van der Waals surface area (Å²) in [7, 11) is 1.21. The third kappa shape index (κ3) is 6.63. The molecule has 2 aromatic carbocycles. The lowest BCUT2D eigenvalue weighted by atomic mass is 10.0. The number of carbonyl (C=O) groups excluding carboxylic acids is 3. The molecule has 1 heterocycles. The molecule has 9 nitrogen and oxygen atoms in total. The van der Waals surface area contributed by atoms with Crippen molar-refractivity contribution in [3.05, 3.63) is 65.7 Å². The minimum Gasteiger partial charge on any atom is -0.467 e. The van der Waals surface area contributed by atoms with E-state index < -0.39 is 47.2 Å². The summed E-state index contributed by atoms with van der Waals surface area (Å²) in [6.07, 6.45) is -4.87. The maximum absolute atomic E-state index is 13.9. The Bertz CT molecular complexity index is 1290. The van der Waals surface area contributed by atoms with Gasteiger partial charge in [-0.1, -0.05) is 37.2 Å². The maximum Gasteiger partial charge on any atom is 0.418 e. The fraction of sp³-hybridized carbons (Fsp3) is 0.250. The van der Waals surface area contributed by atoms with Gasteiger partial charge in [0.25, 0.3) is 5.91 Å². The van der Waals surface area contributed by atoms with Crippen molar-refractivity contribution in [2.24, 2.45) is 5.92 Å². The zero-order valence-electron chi connectivity index (χ0n) is 19.8. The van der Waals surface area contributed by atoms with Gasteiger partial charge in [-0.3, -0.25) is 4.79 Å². The van der Waals surface area contributed by atoms with E-state index >= 15 is 0 Å². The molecule has 196 valence electrons. The number of hydrogen-bond donors (Lipinski definition) is 3. The Hall–Kier alpha value is -4.42. The highest BCUT2D eigenvalue weighted by Gasteiger charge is 2.35. The van der Waals surface area contributed by atoms with Gasteiger partial charge in [-0.25, -0.2) is 14.0 Å². The Morgan fingerprint density at radius 3 is 2.30 bits per heavy atom. The third-order valence-electron chi connectivity index (χ3n) is 5.14. The first-order valence-corrected chi connectivity index (χ1v) is 10.8. The molecule has 0 aliphatic carbocycles. The number of amides is 3. The fourth-order valence-corrected chi connectivity index (χ4v) is 3.24. The molecule has 0 bridgehead atoms. The van der Waals surface area contributed by atoms with Gasteiger partial charge >= 0.3 is 18.2 Å². The SMILES string of the molecule is COC(=O)C(NC(=O)c1cc(-c2ccc(NC(=O)Nc3c(F)cccc3C(F)(F)F)cc2)no1)C(C)C. The molecule has 0 aliphatic rings. The molecule has 0 spiro atoms. The maximum atomic E-state index is 13.9. The number of rotatable bonds is 7. The average molecular weight is 522 g/mol. The van der Waals surface area contributed by atoms with Crippen molar-refractivity contribution in [1.29, 1.82) is 0 Å². The zero-order chi connectivity index (χ0) is 27.3. The number of halogens is 4. The van der Waals surface area contributed by atoms with E-state index in [0.29, 0.717) is 11.6 Å². The van der Waals surface area contributed by atoms with E-state index in [2.05, 4.69) is 20.5 Å². The molecule has 37 heavy (non-hydrogen) atoms. The van der Waals surface area contributed by atoms with Crippen LogP contribution in [0.4, 0.5) is 33.7 Å². The van der Waals surface area contributed by atoms with Gasteiger partial charge in [0.15, 0.2) is 0 Å². The second-order valence-electron chi connectivity index (χ2n) is 8.11. The monoisotopic (exact) mass is 522 g/mol. The summed E-state index contributed by atoms with van der Waals surface area (Å²) in [5, 5.41) is 10.5. The van der Waals surface area contributed by atoms with Gasteiger partial charge in [0.1, 0.15) is 17.6 Å². The largest absolute Gasteiger partial charge is 0.467 e. The van der Waals surface area contributed by atoms with Crippen molar-refractivity contribution in [2.75, 3.05) is 17.7 Å². The summed E-state index contributed by atoms with van der Waals surface area (Å²) in [6.45, 7) is 3.46. The highest BCUT2D eigenvalue weighted by atomic mass is 19.4. The van der Waals surface area contributed by atoms with Gasteiger partial charge < -0.3 is 25.2 Å². The molecule has 3 aromatic rings.